The summed E-state index contributed by atoms with van der Waals surface area (Å²) >= 11 is 0. The minimum atomic E-state index is 0. The van der Waals surface area contributed by atoms with Gasteiger partial charge in [-0.05, 0) is 32.9 Å². The quantitative estimate of drug-likeness (QED) is 0.883. The van der Waals surface area contributed by atoms with E-state index in [1.165, 1.54) is 0 Å². The van der Waals surface area contributed by atoms with E-state index >= 15 is 0 Å². The molecule has 0 bridgehead atoms. The summed E-state index contributed by atoms with van der Waals surface area (Å²) in [5, 5.41) is 12.3. The molecule has 0 radical (unpaired) electrons. The number of imidazole rings is 1. The second-order valence-electron chi connectivity index (χ2n) is 4.18. The van der Waals surface area contributed by atoms with Crippen molar-refractivity contribution in [1.82, 2.24) is 14.9 Å². The van der Waals surface area contributed by atoms with Gasteiger partial charge in [0.15, 0.2) is 0 Å². The molecule has 0 saturated carbocycles. The molecule has 4 nitrogen and oxygen atoms in total. The van der Waals surface area contributed by atoms with Crippen LogP contribution in [0.25, 0.3) is 0 Å². The SMILES string of the molecule is Cc1cn(CCO)c(C2CCNCC2)n1.Cl.Cl. The van der Waals surface area contributed by atoms with Gasteiger partial charge in [0.25, 0.3) is 0 Å². The van der Waals surface area contributed by atoms with Crippen molar-refractivity contribution in [3.63, 3.8) is 0 Å². The lowest BCUT2D eigenvalue weighted by Gasteiger charge is -2.22. The fourth-order valence-electron chi connectivity index (χ4n) is 2.26. The summed E-state index contributed by atoms with van der Waals surface area (Å²) in [6, 6.07) is 0. The monoisotopic (exact) mass is 281 g/mol. The average molecular weight is 282 g/mol. The standard InChI is InChI=1S/C11H19N3O.2ClH/c1-9-8-14(6-7-15)11(13-9)10-2-4-12-5-3-10;;/h8,10,12,15H,2-7H2,1H3;2*1H. The third-order valence-electron chi connectivity index (χ3n) is 2.97. The summed E-state index contributed by atoms with van der Waals surface area (Å²) in [7, 11) is 0. The van der Waals surface area contributed by atoms with E-state index in [2.05, 4.69) is 14.9 Å². The van der Waals surface area contributed by atoms with Crippen molar-refractivity contribution >= 4 is 24.8 Å². The number of aliphatic hydroxyl groups is 1. The first-order valence-electron chi connectivity index (χ1n) is 5.66. The van der Waals surface area contributed by atoms with Crippen molar-refractivity contribution in [2.24, 2.45) is 0 Å². The second kappa shape index (κ2) is 7.93. The molecular weight excluding hydrogens is 261 g/mol. The molecule has 2 rings (SSSR count). The molecule has 0 aliphatic carbocycles. The van der Waals surface area contributed by atoms with Crippen molar-refractivity contribution in [1.29, 1.82) is 0 Å². The number of aromatic nitrogens is 2. The Bertz CT molecular complexity index is 325. The predicted molar refractivity (Wildman–Crippen MR) is 73.4 cm³/mol. The van der Waals surface area contributed by atoms with Gasteiger partial charge in [-0.3, -0.25) is 0 Å². The van der Waals surface area contributed by atoms with E-state index in [-0.39, 0.29) is 31.4 Å². The number of halogens is 2. The summed E-state index contributed by atoms with van der Waals surface area (Å²) in [6.45, 7) is 5.03. The molecular formula is C11H21Cl2N3O. The van der Waals surface area contributed by atoms with Crippen molar-refractivity contribution in [3.05, 3.63) is 17.7 Å². The van der Waals surface area contributed by atoms with Crippen LogP contribution in [-0.4, -0.2) is 34.4 Å². The minimum Gasteiger partial charge on any atom is -0.395 e. The van der Waals surface area contributed by atoms with E-state index in [0.29, 0.717) is 12.5 Å². The molecule has 1 aliphatic rings. The van der Waals surface area contributed by atoms with Gasteiger partial charge in [-0.1, -0.05) is 0 Å². The molecule has 1 aromatic heterocycles. The van der Waals surface area contributed by atoms with Gasteiger partial charge in [0.1, 0.15) is 5.82 Å². The topological polar surface area (TPSA) is 50.1 Å². The van der Waals surface area contributed by atoms with Crippen LogP contribution in [-0.2, 0) is 6.54 Å². The lowest BCUT2D eigenvalue weighted by molar-refractivity contribution is 0.271. The first-order chi connectivity index (χ1) is 7.31. The van der Waals surface area contributed by atoms with Gasteiger partial charge < -0.3 is 15.0 Å². The smallest absolute Gasteiger partial charge is 0.112 e. The highest BCUT2D eigenvalue weighted by Crippen LogP contribution is 2.24. The number of piperidine rings is 1. The first kappa shape index (κ1) is 16.7. The Kier molecular flexibility index (Phi) is 7.79. The maximum atomic E-state index is 8.99. The van der Waals surface area contributed by atoms with Crippen molar-refractivity contribution in [2.45, 2.75) is 32.2 Å². The van der Waals surface area contributed by atoms with Crippen molar-refractivity contribution < 1.29 is 5.11 Å². The maximum Gasteiger partial charge on any atom is 0.112 e. The molecule has 100 valence electrons. The first-order valence-corrected chi connectivity index (χ1v) is 5.66. The molecule has 0 spiro atoms. The molecule has 0 aromatic carbocycles. The Morgan fingerprint density at radius 2 is 2.06 bits per heavy atom. The number of aryl methyl sites for hydroxylation is 1. The molecule has 1 aromatic rings. The van der Waals surface area contributed by atoms with E-state index in [1.807, 2.05) is 13.1 Å². The predicted octanol–water partition coefficient (Wildman–Crippen LogP) is 1.49. The van der Waals surface area contributed by atoms with Crippen LogP contribution in [0, 0.1) is 6.92 Å². The number of rotatable bonds is 3. The number of nitrogens with zero attached hydrogens (tertiary/aromatic N) is 2. The minimum absolute atomic E-state index is 0. The van der Waals surface area contributed by atoms with Gasteiger partial charge in [0.2, 0.25) is 0 Å². The van der Waals surface area contributed by atoms with Crippen LogP contribution < -0.4 is 5.32 Å². The molecule has 2 heterocycles. The molecule has 2 N–H and O–H groups in total. The number of aliphatic hydroxyl groups excluding tert-OH is 1. The maximum absolute atomic E-state index is 8.99. The van der Waals surface area contributed by atoms with Gasteiger partial charge in [-0.2, -0.15) is 0 Å². The molecule has 0 amide bonds. The molecule has 6 heteroatoms. The van der Waals surface area contributed by atoms with Gasteiger partial charge >= 0.3 is 0 Å². The largest absolute Gasteiger partial charge is 0.395 e. The van der Waals surface area contributed by atoms with Crippen LogP contribution in [0.4, 0.5) is 0 Å². The fraction of sp³-hybridized carbons (Fsp3) is 0.727. The fourth-order valence-corrected chi connectivity index (χ4v) is 2.26. The molecule has 1 aliphatic heterocycles. The summed E-state index contributed by atoms with van der Waals surface area (Å²) < 4.78 is 2.10. The highest BCUT2D eigenvalue weighted by Gasteiger charge is 2.20. The van der Waals surface area contributed by atoms with E-state index in [1.54, 1.807) is 0 Å². The normalized spacial score (nSPS) is 16.1. The van der Waals surface area contributed by atoms with Gasteiger partial charge in [-0.15, -0.1) is 24.8 Å². The van der Waals surface area contributed by atoms with E-state index < -0.39 is 0 Å². The highest BCUT2D eigenvalue weighted by atomic mass is 35.5. The van der Waals surface area contributed by atoms with E-state index in [4.69, 9.17) is 5.11 Å². The zero-order valence-corrected chi connectivity index (χ0v) is 11.7. The Balaban J connectivity index is 0.00000128. The zero-order chi connectivity index (χ0) is 10.7. The summed E-state index contributed by atoms with van der Waals surface area (Å²) in [6.07, 6.45) is 4.34. The second-order valence-corrected chi connectivity index (χ2v) is 4.18. The van der Waals surface area contributed by atoms with E-state index in [0.717, 1.165) is 37.4 Å². The molecule has 1 saturated heterocycles. The van der Waals surface area contributed by atoms with Crippen molar-refractivity contribution in [2.75, 3.05) is 19.7 Å². The molecule has 0 atom stereocenters. The summed E-state index contributed by atoms with van der Waals surface area (Å²) in [4.78, 5) is 4.58. The third-order valence-corrected chi connectivity index (χ3v) is 2.97. The lowest BCUT2D eigenvalue weighted by Crippen LogP contribution is -2.28. The highest BCUT2D eigenvalue weighted by molar-refractivity contribution is 5.85. The lowest BCUT2D eigenvalue weighted by atomic mass is 9.97. The van der Waals surface area contributed by atoms with Crippen LogP contribution in [0.2, 0.25) is 0 Å². The average Bonchev–Trinajstić information content (AvgIpc) is 2.62. The van der Waals surface area contributed by atoms with Crippen LogP contribution in [0.3, 0.4) is 0 Å². The van der Waals surface area contributed by atoms with Crippen LogP contribution in [0.1, 0.15) is 30.3 Å². The third kappa shape index (κ3) is 4.14. The van der Waals surface area contributed by atoms with Gasteiger partial charge in [0, 0.05) is 18.7 Å². The molecule has 0 unspecified atom stereocenters. The Hall–Kier alpha value is -0.290. The summed E-state index contributed by atoms with van der Waals surface area (Å²) in [5.74, 6) is 1.72. The molecule has 17 heavy (non-hydrogen) atoms. The van der Waals surface area contributed by atoms with Crippen molar-refractivity contribution in [3.8, 4) is 0 Å². The summed E-state index contributed by atoms with van der Waals surface area (Å²) in [5.41, 5.74) is 1.05. The van der Waals surface area contributed by atoms with Gasteiger partial charge in [-0.25, -0.2) is 4.98 Å². The van der Waals surface area contributed by atoms with Gasteiger partial charge in [0.05, 0.1) is 12.3 Å². The van der Waals surface area contributed by atoms with E-state index in [9.17, 15) is 0 Å². The Morgan fingerprint density at radius 3 is 2.65 bits per heavy atom. The van der Waals surface area contributed by atoms with Crippen LogP contribution in [0.5, 0.6) is 0 Å². The molecule has 1 fully saturated rings. The Morgan fingerprint density at radius 1 is 1.41 bits per heavy atom. The zero-order valence-electron chi connectivity index (χ0n) is 10.1. The van der Waals surface area contributed by atoms with Crippen LogP contribution in [0.15, 0.2) is 6.20 Å². The number of nitrogens with one attached hydrogen (secondary N) is 1. The van der Waals surface area contributed by atoms with Crippen LogP contribution >= 0.6 is 24.8 Å². The number of hydrogen-bond acceptors (Lipinski definition) is 3. The number of hydrogen-bond donors (Lipinski definition) is 2. The Labute approximate surface area is 115 Å².